The summed E-state index contributed by atoms with van der Waals surface area (Å²) in [5, 5.41) is 5.07. The smallest absolute Gasteiger partial charge is 0.388 e. The predicted molar refractivity (Wildman–Crippen MR) is 120 cm³/mol. The molecule has 1 saturated heterocycles. The lowest BCUT2D eigenvalue weighted by Crippen LogP contribution is -2.45. The Hall–Kier alpha value is -2.38. The Kier molecular flexibility index (Phi) is 5.26. The van der Waals surface area contributed by atoms with Gasteiger partial charge in [0.1, 0.15) is 6.04 Å². The van der Waals surface area contributed by atoms with Gasteiger partial charge in [0.2, 0.25) is 0 Å². The van der Waals surface area contributed by atoms with Gasteiger partial charge in [-0.05, 0) is 60.2 Å². The van der Waals surface area contributed by atoms with E-state index in [1.807, 2.05) is 55.2 Å². The van der Waals surface area contributed by atoms with Crippen LogP contribution in [0, 0.1) is 5.92 Å². The summed E-state index contributed by atoms with van der Waals surface area (Å²) < 4.78 is 40.8. The van der Waals surface area contributed by atoms with E-state index in [-0.39, 0.29) is 12.5 Å². The van der Waals surface area contributed by atoms with Crippen molar-refractivity contribution in [2.75, 3.05) is 17.4 Å². The molecule has 0 bridgehead atoms. The summed E-state index contributed by atoms with van der Waals surface area (Å²) in [4.78, 5) is 1.30. The molecule has 4 atom stereocenters. The third-order valence-electron chi connectivity index (χ3n) is 6.28. The summed E-state index contributed by atoms with van der Waals surface area (Å²) in [5.74, 6) is 0.290. The number of nitrogens with one attached hydrogen (secondary N) is 2. The normalized spacial score (nSPS) is 27.5. The van der Waals surface area contributed by atoms with E-state index in [2.05, 4.69) is 41.1 Å². The molecule has 5 rings (SSSR count). The van der Waals surface area contributed by atoms with Gasteiger partial charge in [0.25, 0.3) is 0 Å². The topological polar surface area (TPSA) is 27.3 Å². The Morgan fingerprint density at radius 2 is 1.87 bits per heavy atom. The lowest BCUT2D eigenvalue weighted by molar-refractivity contribution is -0.152. The molecule has 1 aliphatic carbocycles. The number of thioether (sulfide) groups is 1. The van der Waals surface area contributed by atoms with Crippen molar-refractivity contribution in [2.24, 2.45) is 5.92 Å². The van der Waals surface area contributed by atoms with Crippen molar-refractivity contribution >= 4 is 23.1 Å². The van der Waals surface area contributed by atoms with E-state index in [9.17, 15) is 13.2 Å². The summed E-state index contributed by atoms with van der Waals surface area (Å²) >= 11 is 1.84. The van der Waals surface area contributed by atoms with Crippen LogP contribution in [0.4, 0.5) is 24.5 Å². The first-order valence-electron chi connectivity index (χ1n) is 10.5. The third kappa shape index (κ3) is 3.96. The van der Waals surface area contributed by atoms with Crippen molar-refractivity contribution in [1.29, 1.82) is 0 Å². The number of anilines is 2. The fourth-order valence-corrected chi connectivity index (χ4v) is 5.89. The zero-order chi connectivity index (χ0) is 21.6. The van der Waals surface area contributed by atoms with Crippen LogP contribution in [-0.4, -0.2) is 30.6 Å². The Morgan fingerprint density at radius 3 is 2.61 bits per heavy atom. The largest absolute Gasteiger partial charge is 0.405 e. The molecule has 2 N–H and O–H groups in total. The van der Waals surface area contributed by atoms with Gasteiger partial charge in [-0.15, -0.1) is 11.8 Å². The monoisotopic (exact) mass is 443 g/mol. The minimum atomic E-state index is -4.29. The highest BCUT2D eigenvalue weighted by Gasteiger charge is 2.48. The van der Waals surface area contributed by atoms with Crippen LogP contribution in [0.15, 0.2) is 77.2 Å². The molecule has 4 unspecified atom stereocenters. The fraction of sp³-hybridized carbons (Fsp3) is 0.333. The Morgan fingerprint density at radius 1 is 1.10 bits per heavy atom. The summed E-state index contributed by atoms with van der Waals surface area (Å²) in [6, 6.07) is 13.9. The Labute approximate surface area is 184 Å². The minimum Gasteiger partial charge on any atom is -0.388 e. The van der Waals surface area contributed by atoms with E-state index in [0.717, 1.165) is 23.4 Å². The van der Waals surface area contributed by atoms with Gasteiger partial charge in [0, 0.05) is 22.9 Å². The molecule has 2 aliphatic heterocycles. The van der Waals surface area contributed by atoms with Crippen molar-refractivity contribution in [3.05, 3.63) is 77.9 Å². The number of hydrazine groups is 1. The van der Waals surface area contributed by atoms with Gasteiger partial charge in [-0.25, -0.2) is 5.43 Å². The molecule has 0 amide bonds. The van der Waals surface area contributed by atoms with Gasteiger partial charge in [-0.3, -0.25) is 0 Å². The minimum absolute atomic E-state index is 0.00539. The molecule has 31 heavy (non-hydrogen) atoms. The van der Waals surface area contributed by atoms with Crippen molar-refractivity contribution < 1.29 is 13.2 Å². The van der Waals surface area contributed by atoms with Crippen molar-refractivity contribution in [2.45, 2.75) is 41.2 Å². The maximum Gasteiger partial charge on any atom is 0.405 e. The highest BCUT2D eigenvalue weighted by atomic mass is 32.2. The predicted octanol–water partition coefficient (Wildman–Crippen LogP) is 5.57. The molecule has 162 valence electrons. The maximum absolute atomic E-state index is 13.6. The second kappa shape index (κ2) is 7.95. The highest BCUT2D eigenvalue weighted by Crippen LogP contribution is 2.44. The summed E-state index contributed by atoms with van der Waals surface area (Å²) in [5.41, 5.74) is 6.65. The van der Waals surface area contributed by atoms with E-state index in [1.54, 1.807) is 5.01 Å². The second-order valence-electron chi connectivity index (χ2n) is 8.23. The van der Waals surface area contributed by atoms with Crippen LogP contribution in [0.3, 0.4) is 0 Å². The number of allylic oxidation sites excluding steroid dienone is 1. The number of hydrogen-bond acceptors (Lipinski definition) is 4. The van der Waals surface area contributed by atoms with Crippen LogP contribution < -0.4 is 15.8 Å². The van der Waals surface area contributed by atoms with E-state index in [4.69, 9.17) is 0 Å². The average Bonchev–Trinajstić information content (AvgIpc) is 3.23. The zero-order valence-electron chi connectivity index (χ0n) is 17.1. The number of alkyl halides is 3. The quantitative estimate of drug-likeness (QED) is 0.648. The number of fused-ring (bicyclic) bond motifs is 2. The van der Waals surface area contributed by atoms with Crippen LogP contribution in [-0.2, 0) is 6.42 Å². The fourth-order valence-electron chi connectivity index (χ4n) is 4.63. The molecular weight excluding hydrogens is 419 g/mol. The Bertz CT molecular complexity index is 1020. The van der Waals surface area contributed by atoms with Crippen LogP contribution in [0.2, 0.25) is 0 Å². The molecule has 2 aromatic rings. The molecule has 2 aromatic carbocycles. The number of benzene rings is 2. The van der Waals surface area contributed by atoms with E-state index >= 15 is 0 Å². The van der Waals surface area contributed by atoms with E-state index < -0.39 is 12.2 Å². The number of nitrogens with zero attached hydrogens (tertiary/aromatic N) is 1. The van der Waals surface area contributed by atoms with Gasteiger partial charge in [0.05, 0.1) is 11.7 Å². The molecule has 0 saturated carbocycles. The van der Waals surface area contributed by atoms with Crippen LogP contribution in [0.5, 0.6) is 0 Å². The molecule has 7 heteroatoms. The van der Waals surface area contributed by atoms with Crippen LogP contribution in [0.1, 0.15) is 12.0 Å². The zero-order valence-corrected chi connectivity index (χ0v) is 17.9. The molecule has 3 aliphatic rings. The maximum atomic E-state index is 13.6. The molecule has 3 nitrogen and oxygen atoms in total. The first-order chi connectivity index (χ1) is 14.9. The average molecular weight is 444 g/mol. The molecule has 0 aromatic heterocycles. The molecular formula is C24H24F3N3S. The van der Waals surface area contributed by atoms with Crippen LogP contribution >= 0.6 is 11.8 Å². The third-order valence-corrected chi connectivity index (χ3v) is 7.71. The second-order valence-corrected chi connectivity index (χ2v) is 9.45. The molecule has 0 spiro atoms. The molecule has 2 heterocycles. The first kappa shape index (κ1) is 20.5. The van der Waals surface area contributed by atoms with E-state index in [1.165, 1.54) is 10.5 Å². The van der Waals surface area contributed by atoms with Gasteiger partial charge >= 0.3 is 6.18 Å². The lowest BCUT2D eigenvalue weighted by atomic mass is 9.86. The summed E-state index contributed by atoms with van der Waals surface area (Å²) in [6.07, 6.45) is 3.02. The van der Waals surface area contributed by atoms with Gasteiger partial charge in [0.15, 0.2) is 0 Å². The van der Waals surface area contributed by atoms with Crippen LogP contribution in [0.25, 0.3) is 0 Å². The highest BCUT2D eigenvalue weighted by molar-refractivity contribution is 8.00. The number of halogens is 3. The van der Waals surface area contributed by atoms with Crippen molar-refractivity contribution in [3.8, 4) is 0 Å². The SMILES string of the molecule is CNc1ccc(N2NC(C(F)(F)F)CC2C2=CC3Cc4ccccc4SC3C=C2)cc1. The first-order valence-corrected chi connectivity index (χ1v) is 11.3. The number of hydrogen-bond donors (Lipinski definition) is 2. The summed E-state index contributed by atoms with van der Waals surface area (Å²) in [7, 11) is 1.82. The number of rotatable bonds is 3. The summed E-state index contributed by atoms with van der Waals surface area (Å²) in [6.45, 7) is 0. The van der Waals surface area contributed by atoms with Gasteiger partial charge in [-0.1, -0.05) is 36.4 Å². The Balaban J connectivity index is 1.45. The van der Waals surface area contributed by atoms with Gasteiger partial charge < -0.3 is 10.3 Å². The lowest BCUT2D eigenvalue weighted by Gasteiger charge is -2.34. The van der Waals surface area contributed by atoms with E-state index in [0.29, 0.717) is 11.2 Å². The van der Waals surface area contributed by atoms with Gasteiger partial charge in [-0.2, -0.15) is 13.2 Å². The molecule has 0 radical (unpaired) electrons. The molecule has 1 fully saturated rings. The standard InChI is InChI=1S/C24H24F3N3S/c1-28-18-7-9-19(10-8-18)30-20(14-23(29-30)24(25,26)27)15-6-11-22-17(12-15)13-16-4-2-3-5-21(16)31-22/h2-12,17,20,22-23,28-29H,13-14H2,1H3. The van der Waals surface area contributed by atoms with Crippen molar-refractivity contribution in [3.63, 3.8) is 0 Å². The van der Waals surface area contributed by atoms with Crippen molar-refractivity contribution in [1.82, 2.24) is 5.43 Å².